The predicted molar refractivity (Wildman–Crippen MR) is 171 cm³/mol. The van der Waals surface area contributed by atoms with E-state index in [1.807, 2.05) is 48.5 Å². The number of carbonyl (C=O) groups is 2. The van der Waals surface area contributed by atoms with E-state index in [1.165, 1.54) is 0 Å². The Balaban J connectivity index is 0.000000521. The van der Waals surface area contributed by atoms with Gasteiger partial charge in [0.2, 0.25) is 11.8 Å². The van der Waals surface area contributed by atoms with E-state index in [4.69, 9.17) is 45.1 Å². The van der Waals surface area contributed by atoms with Gasteiger partial charge in [-0.3, -0.25) is 9.59 Å². The highest BCUT2D eigenvalue weighted by Gasteiger charge is 2.22. The summed E-state index contributed by atoms with van der Waals surface area (Å²) in [7, 11) is 0. The van der Waals surface area contributed by atoms with Gasteiger partial charge in [-0.15, -0.1) is 0 Å². The second-order valence-electron chi connectivity index (χ2n) is 9.97. The van der Waals surface area contributed by atoms with Crippen LogP contribution in [0.25, 0.3) is 0 Å². The van der Waals surface area contributed by atoms with E-state index in [0.29, 0.717) is 26.3 Å². The molecule has 0 saturated carbocycles. The van der Waals surface area contributed by atoms with Gasteiger partial charge in [-0.1, -0.05) is 42.2 Å². The Bertz CT molecular complexity index is 1220. The van der Waals surface area contributed by atoms with Crippen LogP contribution in [0.2, 0.25) is 0 Å². The minimum absolute atomic E-state index is 0.00269. The minimum Gasteiger partial charge on any atom is -0.394 e. The topological polar surface area (TPSA) is 193 Å². The second-order valence-corrected chi connectivity index (χ2v) is 9.97. The Labute approximate surface area is 270 Å². The molecular formula is C33H47N3O10. The quantitative estimate of drug-likeness (QED) is 0.0807. The third-order valence-corrected chi connectivity index (χ3v) is 6.50. The molecule has 2 amide bonds. The molecule has 2 atom stereocenters. The first kappa shape index (κ1) is 38.8. The molecule has 0 saturated heterocycles. The summed E-state index contributed by atoms with van der Waals surface area (Å²) in [5, 5.41) is 37.4. The maximum Gasteiger partial charge on any atom is 0.227 e. The molecule has 1 aliphatic heterocycles. The normalized spacial score (nSPS) is 13.0. The van der Waals surface area contributed by atoms with Crippen LogP contribution in [0.1, 0.15) is 29.5 Å². The van der Waals surface area contributed by atoms with Crippen molar-refractivity contribution in [2.75, 3.05) is 84.1 Å². The van der Waals surface area contributed by atoms with Crippen LogP contribution in [0.5, 0.6) is 0 Å². The van der Waals surface area contributed by atoms with Crippen LogP contribution < -0.4 is 16.0 Å². The summed E-state index contributed by atoms with van der Waals surface area (Å²) in [5.41, 5.74) is 8.67. The van der Waals surface area contributed by atoms with Gasteiger partial charge in [0.1, 0.15) is 0 Å². The molecule has 46 heavy (non-hydrogen) atoms. The molecule has 3 rings (SSSR count). The second kappa shape index (κ2) is 23.9. The molecule has 0 bridgehead atoms. The van der Waals surface area contributed by atoms with Gasteiger partial charge in [-0.25, -0.2) is 0 Å². The summed E-state index contributed by atoms with van der Waals surface area (Å²) in [6, 6.07) is 15.2. The summed E-state index contributed by atoms with van der Waals surface area (Å²) in [6.07, 6.45) is -0.591. The lowest BCUT2D eigenvalue weighted by Crippen LogP contribution is -2.38. The van der Waals surface area contributed by atoms with Gasteiger partial charge >= 0.3 is 0 Å². The van der Waals surface area contributed by atoms with Crippen molar-refractivity contribution in [3.63, 3.8) is 0 Å². The van der Waals surface area contributed by atoms with Gasteiger partial charge in [-0.2, -0.15) is 0 Å². The number of carbonyl (C=O) groups excluding carboxylic acids is 2. The number of rotatable bonds is 20. The highest BCUT2D eigenvalue weighted by atomic mass is 16.5. The van der Waals surface area contributed by atoms with Gasteiger partial charge in [0.25, 0.3) is 0 Å². The summed E-state index contributed by atoms with van der Waals surface area (Å²) < 4.78 is 20.8. The number of fused-ring (bicyclic) bond motifs is 2. The van der Waals surface area contributed by atoms with Gasteiger partial charge in [0, 0.05) is 37.1 Å². The van der Waals surface area contributed by atoms with E-state index < -0.39 is 6.10 Å². The molecule has 2 aromatic carbocycles. The number of para-hydroxylation sites is 1. The number of aliphatic hydroxyl groups is 4. The molecule has 2 aromatic rings. The zero-order valence-electron chi connectivity index (χ0n) is 26.1. The van der Waals surface area contributed by atoms with Crippen molar-refractivity contribution in [2.45, 2.75) is 31.6 Å². The SMILES string of the molecule is NCC(COCCO)OCCO.O=C(CCC(=O)N1Cc2ccccc2C#Cc2ccccc21)NCC(COCCO)OCCO. The molecular weight excluding hydrogens is 598 g/mol. The first-order valence-electron chi connectivity index (χ1n) is 15.3. The van der Waals surface area contributed by atoms with E-state index in [9.17, 15) is 9.59 Å². The fourth-order valence-corrected chi connectivity index (χ4v) is 4.23. The average Bonchev–Trinajstić information content (AvgIpc) is 3.07. The molecule has 13 nitrogen and oxygen atoms in total. The molecule has 0 spiro atoms. The van der Waals surface area contributed by atoms with Crippen LogP contribution in [-0.2, 0) is 35.1 Å². The number of benzene rings is 2. The highest BCUT2D eigenvalue weighted by Crippen LogP contribution is 2.26. The van der Waals surface area contributed by atoms with Crippen molar-refractivity contribution in [3.8, 4) is 11.8 Å². The van der Waals surface area contributed by atoms with Crippen LogP contribution in [0, 0.1) is 11.8 Å². The standard InChI is InChI=1S/C26H30N2O6.C7H17NO4/c29-13-15-33-19-23(34-16-14-30)17-27-25(31)11-12-26(32)28-18-22-7-2-1-5-20(22)9-10-21-6-3-4-8-24(21)28;8-5-7(12-4-2-10)6-11-3-1-9/h1-8,23,29-30H,11-19H2,(H,27,31);7,9-10H,1-6,8H2. The van der Waals surface area contributed by atoms with Crippen molar-refractivity contribution < 1.29 is 49.0 Å². The minimum atomic E-state index is -0.463. The lowest BCUT2D eigenvalue weighted by molar-refractivity contribution is -0.126. The van der Waals surface area contributed by atoms with E-state index in [0.717, 1.165) is 22.4 Å². The van der Waals surface area contributed by atoms with E-state index in [1.54, 1.807) is 4.90 Å². The number of aliphatic hydroxyl groups excluding tert-OH is 4. The van der Waals surface area contributed by atoms with Crippen LogP contribution in [-0.4, -0.2) is 124 Å². The van der Waals surface area contributed by atoms with Crippen molar-refractivity contribution in [3.05, 3.63) is 65.2 Å². The third kappa shape index (κ3) is 14.8. The van der Waals surface area contributed by atoms with Gasteiger partial charge in [0.05, 0.1) is 90.5 Å². The number of nitrogens with one attached hydrogen (secondary N) is 1. The Morgan fingerprint density at radius 2 is 1.35 bits per heavy atom. The molecule has 2 unspecified atom stereocenters. The fourth-order valence-electron chi connectivity index (χ4n) is 4.23. The third-order valence-electron chi connectivity index (χ3n) is 6.50. The Morgan fingerprint density at radius 3 is 2.00 bits per heavy atom. The smallest absolute Gasteiger partial charge is 0.227 e. The van der Waals surface area contributed by atoms with Crippen molar-refractivity contribution in [1.82, 2.24) is 5.32 Å². The average molecular weight is 646 g/mol. The summed E-state index contributed by atoms with van der Waals surface area (Å²) in [5.74, 6) is 5.90. The lowest BCUT2D eigenvalue weighted by Gasteiger charge is -2.26. The van der Waals surface area contributed by atoms with Crippen molar-refractivity contribution in [1.29, 1.82) is 0 Å². The van der Waals surface area contributed by atoms with E-state index >= 15 is 0 Å². The van der Waals surface area contributed by atoms with Crippen LogP contribution in [0.4, 0.5) is 5.69 Å². The van der Waals surface area contributed by atoms with E-state index in [2.05, 4.69) is 17.2 Å². The number of nitrogens with two attached hydrogens (primary N) is 1. The zero-order valence-corrected chi connectivity index (χ0v) is 26.1. The fraction of sp³-hybridized carbons (Fsp3) is 0.515. The highest BCUT2D eigenvalue weighted by molar-refractivity contribution is 5.96. The Kier molecular flexibility index (Phi) is 20.1. The summed E-state index contributed by atoms with van der Waals surface area (Å²) in [6.45, 7) is 1.98. The maximum atomic E-state index is 13.2. The van der Waals surface area contributed by atoms with Crippen molar-refractivity contribution in [2.24, 2.45) is 5.73 Å². The Morgan fingerprint density at radius 1 is 0.783 bits per heavy atom. The largest absolute Gasteiger partial charge is 0.394 e. The zero-order chi connectivity index (χ0) is 33.4. The van der Waals surface area contributed by atoms with Crippen LogP contribution in [0.15, 0.2) is 48.5 Å². The number of ether oxygens (including phenoxy) is 4. The van der Waals surface area contributed by atoms with Gasteiger partial charge < -0.3 is 55.3 Å². The van der Waals surface area contributed by atoms with Gasteiger partial charge in [-0.05, 0) is 23.8 Å². The van der Waals surface area contributed by atoms with E-state index in [-0.39, 0.29) is 90.2 Å². The molecule has 7 N–H and O–H groups in total. The van der Waals surface area contributed by atoms with Crippen LogP contribution >= 0.6 is 0 Å². The summed E-state index contributed by atoms with van der Waals surface area (Å²) in [4.78, 5) is 27.3. The molecule has 0 radical (unpaired) electrons. The van der Waals surface area contributed by atoms with Crippen molar-refractivity contribution >= 4 is 17.5 Å². The number of amides is 2. The molecule has 13 heteroatoms. The monoisotopic (exact) mass is 645 g/mol. The lowest BCUT2D eigenvalue weighted by atomic mass is 10.0. The van der Waals surface area contributed by atoms with Crippen LogP contribution in [0.3, 0.4) is 0 Å². The molecule has 1 aliphatic rings. The number of hydrogen-bond acceptors (Lipinski definition) is 11. The predicted octanol–water partition coefficient (Wildman–Crippen LogP) is -0.453. The number of nitrogens with zero attached hydrogens (tertiary/aromatic N) is 1. The Hall–Kier alpha value is -3.42. The molecule has 254 valence electrons. The van der Waals surface area contributed by atoms with Gasteiger partial charge in [0.15, 0.2) is 0 Å². The first-order valence-corrected chi connectivity index (χ1v) is 15.3. The molecule has 1 heterocycles. The first-order chi connectivity index (χ1) is 22.5. The number of anilines is 1. The molecule has 0 aliphatic carbocycles. The summed E-state index contributed by atoms with van der Waals surface area (Å²) >= 11 is 0. The molecule has 0 fully saturated rings. The number of hydrogen-bond donors (Lipinski definition) is 6. The molecule has 0 aromatic heterocycles. The maximum absolute atomic E-state index is 13.2.